The summed E-state index contributed by atoms with van der Waals surface area (Å²) in [4.78, 5) is 20.5. The maximum atomic E-state index is 12.5. The lowest BCUT2D eigenvalue weighted by atomic mass is 10.1. The first-order valence-corrected chi connectivity index (χ1v) is 9.65. The Hall–Kier alpha value is -1.59. The molecule has 0 radical (unpaired) electrons. The van der Waals surface area contributed by atoms with Crippen LogP contribution in [0.15, 0.2) is 0 Å². The smallest absolute Gasteiger partial charge is 0.429 e. The minimum atomic E-state index is -5.81. The molecule has 0 aliphatic carbocycles. The molecule has 0 aromatic heterocycles. The summed E-state index contributed by atoms with van der Waals surface area (Å²) in [6.07, 6.45) is -7.41. The zero-order chi connectivity index (χ0) is 23.4. The fourth-order valence-electron chi connectivity index (χ4n) is 1.34. The fraction of sp³-hybridized carbons (Fsp3) is 0.818. The lowest BCUT2D eigenvalue weighted by molar-refractivity contribution is -0.255. The Morgan fingerprint density at radius 1 is 0.964 bits per heavy atom. The standard InChI is InChI=1S/C6H9F3O5S.C5H8F2O5S/c1-4(10)14-5(2,6(7,8)9)3-15(11,12)13;1-3(12-4(2)8)5(6,7)13(9,10)11/h3H2,1-2H3,(H,11,12,13);3H,1-2H3,(H,9,10,11)/p-2. The third-order valence-corrected chi connectivity index (χ3v) is 4.47. The molecule has 0 N–H and O–H groups in total. The number of hydrogen-bond donors (Lipinski definition) is 0. The minimum Gasteiger partial charge on any atom is -0.748 e. The van der Waals surface area contributed by atoms with E-state index >= 15 is 0 Å². The van der Waals surface area contributed by atoms with E-state index in [1.54, 1.807) is 0 Å². The van der Waals surface area contributed by atoms with E-state index in [0.29, 0.717) is 20.8 Å². The van der Waals surface area contributed by atoms with Gasteiger partial charge < -0.3 is 18.6 Å². The molecule has 0 fully saturated rings. The van der Waals surface area contributed by atoms with Gasteiger partial charge in [-0.25, -0.2) is 16.8 Å². The van der Waals surface area contributed by atoms with Crippen LogP contribution >= 0.6 is 0 Å². The Kier molecular flexibility index (Phi) is 9.48. The van der Waals surface area contributed by atoms with Crippen LogP contribution in [-0.2, 0) is 39.3 Å². The van der Waals surface area contributed by atoms with Gasteiger partial charge in [0.25, 0.3) is 0 Å². The van der Waals surface area contributed by atoms with E-state index < -0.39 is 61.1 Å². The molecule has 0 aliphatic rings. The Morgan fingerprint density at radius 2 is 1.36 bits per heavy atom. The number of alkyl halides is 5. The highest BCUT2D eigenvalue weighted by Gasteiger charge is 2.55. The molecule has 0 amide bonds. The molecule has 0 bridgehead atoms. The number of carbonyl (C=O) groups is 2. The summed E-state index contributed by atoms with van der Waals surface area (Å²) in [6.45, 7) is 2.45. The first-order chi connectivity index (χ1) is 12.0. The van der Waals surface area contributed by atoms with Crippen LogP contribution in [0.3, 0.4) is 0 Å². The molecule has 10 nitrogen and oxygen atoms in total. The van der Waals surface area contributed by atoms with Gasteiger partial charge in [-0.15, -0.1) is 0 Å². The molecule has 0 aliphatic heterocycles. The van der Waals surface area contributed by atoms with Crippen LogP contribution in [0.5, 0.6) is 0 Å². The molecule has 28 heavy (non-hydrogen) atoms. The van der Waals surface area contributed by atoms with E-state index in [2.05, 4.69) is 9.47 Å². The molecule has 0 heterocycles. The van der Waals surface area contributed by atoms with E-state index in [-0.39, 0.29) is 0 Å². The Morgan fingerprint density at radius 3 is 1.57 bits per heavy atom. The van der Waals surface area contributed by atoms with Gasteiger partial charge in [0, 0.05) is 13.8 Å². The quantitative estimate of drug-likeness (QED) is 0.305. The second kappa shape index (κ2) is 9.27. The third-order valence-electron chi connectivity index (χ3n) is 2.57. The van der Waals surface area contributed by atoms with E-state index in [4.69, 9.17) is 0 Å². The van der Waals surface area contributed by atoms with Crippen LogP contribution in [0.2, 0.25) is 0 Å². The molecule has 2 atom stereocenters. The largest absolute Gasteiger partial charge is 0.748 e. The summed E-state index contributed by atoms with van der Waals surface area (Å²) in [7, 11) is -11.0. The average molecular weight is 466 g/mol. The van der Waals surface area contributed by atoms with Crippen LogP contribution in [0.25, 0.3) is 0 Å². The van der Waals surface area contributed by atoms with Gasteiger partial charge in [0.15, 0.2) is 16.2 Å². The van der Waals surface area contributed by atoms with Crippen molar-refractivity contribution in [1.29, 1.82) is 0 Å². The SMILES string of the molecule is CC(=O)OC(C)(CS(=O)(=O)[O-])C(F)(F)F.CC(=O)OC(C)C(F)(F)S(=O)(=O)[O-]. The second-order valence-electron chi connectivity index (χ2n) is 5.29. The molecule has 168 valence electrons. The third kappa shape index (κ3) is 9.56. The minimum absolute atomic E-state index is 0.323. The monoisotopic (exact) mass is 466 g/mol. The van der Waals surface area contributed by atoms with Gasteiger partial charge >= 0.3 is 23.4 Å². The number of carbonyl (C=O) groups excluding carboxylic acids is 2. The summed E-state index contributed by atoms with van der Waals surface area (Å²) in [5, 5.41) is -4.60. The predicted molar refractivity (Wildman–Crippen MR) is 76.7 cm³/mol. The molecule has 0 aromatic carbocycles. The van der Waals surface area contributed by atoms with Crippen molar-refractivity contribution in [1.82, 2.24) is 0 Å². The van der Waals surface area contributed by atoms with Crippen molar-refractivity contribution in [2.75, 3.05) is 5.75 Å². The highest BCUT2D eigenvalue weighted by atomic mass is 32.2. The van der Waals surface area contributed by atoms with Gasteiger partial charge in [-0.3, -0.25) is 9.59 Å². The number of hydrogen-bond acceptors (Lipinski definition) is 10. The normalized spacial score (nSPS) is 16.1. The van der Waals surface area contributed by atoms with Crippen LogP contribution < -0.4 is 0 Å². The van der Waals surface area contributed by atoms with Crippen LogP contribution in [0.4, 0.5) is 22.0 Å². The molecule has 0 saturated heterocycles. The lowest BCUT2D eigenvalue weighted by Crippen LogP contribution is -2.51. The predicted octanol–water partition coefficient (Wildman–Crippen LogP) is 0.492. The van der Waals surface area contributed by atoms with Gasteiger partial charge in [0.05, 0.1) is 15.9 Å². The van der Waals surface area contributed by atoms with Crippen molar-refractivity contribution in [3.05, 3.63) is 0 Å². The maximum absolute atomic E-state index is 12.5. The fourth-order valence-corrected chi connectivity index (χ4v) is 2.70. The second-order valence-corrected chi connectivity index (χ2v) is 8.15. The molecule has 17 heteroatoms. The van der Waals surface area contributed by atoms with Crippen molar-refractivity contribution in [2.45, 2.75) is 50.8 Å². The zero-order valence-corrected chi connectivity index (χ0v) is 16.2. The number of rotatable bonds is 6. The molecule has 0 saturated carbocycles. The Labute approximate surface area is 156 Å². The summed E-state index contributed by atoms with van der Waals surface area (Å²) in [5.74, 6) is -4.25. The van der Waals surface area contributed by atoms with E-state index in [0.717, 1.165) is 6.92 Å². The molecular formula is C11H15F5O10S2-2. The first kappa shape index (κ1) is 28.6. The number of halogens is 5. The van der Waals surface area contributed by atoms with E-state index in [1.165, 1.54) is 0 Å². The lowest BCUT2D eigenvalue weighted by Gasteiger charge is -2.31. The number of esters is 2. The van der Waals surface area contributed by atoms with Crippen LogP contribution in [0, 0.1) is 0 Å². The summed E-state index contributed by atoms with van der Waals surface area (Å²) < 4.78 is 130. The van der Waals surface area contributed by atoms with Crippen LogP contribution in [0.1, 0.15) is 27.7 Å². The molecule has 0 rings (SSSR count). The summed E-state index contributed by atoms with van der Waals surface area (Å²) in [5.41, 5.74) is -3.31. The van der Waals surface area contributed by atoms with Gasteiger partial charge in [-0.1, -0.05) is 0 Å². The van der Waals surface area contributed by atoms with Gasteiger partial charge in [0.2, 0.25) is 5.60 Å². The van der Waals surface area contributed by atoms with E-state index in [9.17, 15) is 57.5 Å². The van der Waals surface area contributed by atoms with Crippen LogP contribution in [-0.4, -0.2) is 66.8 Å². The van der Waals surface area contributed by atoms with Crippen molar-refractivity contribution < 1.29 is 67.0 Å². The van der Waals surface area contributed by atoms with Crippen molar-refractivity contribution >= 4 is 32.2 Å². The topological polar surface area (TPSA) is 167 Å². The maximum Gasteiger partial charge on any atom is 0.429 e. The van der Waals surface area contributed by atoms with E-state index in [1.807, 2.05) is 0 Å². The summed E-state index contributed by atoms with van der Waals surface area (Å²) in [6, 6.07) is 0. The molecule has 0 aromatic rings. The number of ether oxygens (including phenoxy) is 2. The van der Waals surface area contributed by atoms with Gasteiger partial charge in [-0.05, 0) is 13.8 Å². The Balaban J connectivity index is 0. The van der Waals surface area contributed by atoms with Crippen molar-refractivity contribution in [3.63, 3.8) is 0 Å². The highest BCUT2D eigenvalue weighted by Crippen LogP contribution is 2.34. The molecular weight excluding hydrogens is 451 g/mol. The first-order valence-electron chi connectivity index (χ1n) is 6.66. The highest BCUT2D eigenvalue weighted by molar-refractivity contribution is 7.86. The van der Waals surface area contributed by atoms with Gasteiger partial charge in [-0.2, -0.15) is 22.0 Å². The molecule has 0 spiro atoms. The Bertz CT molecular complexity index is 774. The van der Waals surface area contributed by atoms with Gasteiger partial charge in [0.1, 0.15) is 0 Å². The molecule has 2 unspecified atom stereocenters. The van der Waals surface area contributed by atoms with Crippen molar-refractivity contribution in [2.24, 2.45) is 0 Å². The average Bonchev–Trinajstić information content (AvgIpc) is 2.32. The zero-order valence-electron chi connectivity index (χ0n) is 14.6. The summed E-state index contributed by atoms with van der Waals surface area (Å²) >= 11 is 0. The van der Waals surface area contributed by atoms with Crippen molar-refractivity contribution in [3.8, 4) is 0 Å².